The molecule has 2 aliphatic rings. The van der Waals surface area contributed by atoms with E-state index in [1.165, 1.54) is 12.1 Å². The molecule has 0 aromatic heterocycles. The topological polar surface area (TPSA) is 92.5 Å². The summed E-state index contributed by atoms with van der Waals surface area (Å²) in [6.45, 7) is 1.83. The maximum absolute atomic E-state index is 12.4. The number of nitrogens with two attached hydrogens (primary N) is 1. The van der Waals surface area contributed by atoms with Crippen molar-refractivity contribution in [2.45, 2.75) is 25.8 Å². The second kappa shape index (κ2) is 4.73. The van der Waals surface area contributed by atoms with Gasteiger partial charge in [0.15, 0.2) is 0 Å². The summed E-state index contributed by atoms with van der Waals surface area (Å²) in [5.74, 6) is -1.21. The maximum atomic E-state index is 12.4. The number of carbonyl (C=O) groups excluding carboxylic acids is 3. The molecule has 2 aliphatic heterocycles. The lowest BCUT2D eigenvalue weighted by Gasteiger charge is -2.29. The lowest BCUT2D eigenvalue weighted by atomic mass is 10.0. The number of anilines is 1. The summed E-state index contributed by atoms with van der Waals surface area (Å²) >= 11 is 0. The molecule has 6 heteroatoms. The number of fused-ring (bicyclic) bond motifs is 1. The van der Waals surface area contributed by atoms with Gasteiger partial charge in [0, 0.05) is 11.4 Å². The molecular weight excluding hydrogens is 270 g/mol. The number of hydrogen-bond donors (Lipinski definition) is 2. The molecule has 1 fully saturated rings. The third kappa shape index (κ3) is 1.99. The van der Waals surface area contributed by atoms with Gasteiger partial charge in [-0.1, -0.05) is 6.08 Å². The number of benzene rings is 1. The predicted octanol–water partition coefficient (Wildman–Crippen LogP) is 1.05. The molecule has 108 valence electrons. The van der Waals surface area contributed by atoms with E-state index in [4.69, 9.17) is 5.73 Å². The SMILES string of the molecule is C/C=C1\CCC(N2C(=O)c3ccc(N)cc3C2=O)C(=O)N1. The van der Waals surface area contributed by atoms with Crippen LogP contribution in [0.5, 0.6) is 0 Å². The number of carbonyl (C=O) groups is 3. The van der Waals surface area contributed by atoms with E-state index in [1.54, 1.807) is 6.07 Å². The van der Waals surface area contributed by atoms with Crippen molar-refractivity contribution in [1.82, 2.24) is 10.2 Å². The molecule has 3 N–H and O–H groups in total. The van der Waals surface area contributed by atoms with E-state index in [2.05, 4.69) is 5.32 Å². The van der Waals surface area contributed by atoms with Crippen molar-refractivity contribution in [2.75, 3.05) is 5.73 Å². The number of amides is 3. The van der Waals surface area contributed by atoms with Gasteiger partial charge in [-0.05, 0) is 38.0 Å². The van der Waals surface area contributed by atoms with Crippen LogP contribution in [-0.2, 0) is 4.79 Å². The Morgan fingerprint density at radius 3 is 2.62 bits per heavy atom. The fraction of sp³-hybridized carbons (Fsp3) is 0.267. The maximum Gasteiger partial charge on any atom is 0.262 e. The second-order valence-electron chi connectivity index (χ2n) is 5.14. The minimum Gasteiger partial charge on any atom is -0.399 e. The van der Waals surface area contributed by atoms with E-state index >= 15 is 0 Å². The van der Waals surface area contributed by atoms with Crippen molar-refractivity contribution in [3.8, 4) is 0 Å². The summed E-state index contributed by atoms with van der Waals surface area (Å²) in [6, 6.07) is 3.82. The molecule has 3 rings (SSSR count). The zero-order chi connectivity index (χ0) is 15.1. The first-order valence-corrected chi connectivity index (χ1v) is 6.76. The van der Waals surface area contributed by atoms with E-state index in [0.29, 0.717) is 24.1 Å². The average Bonchev–Trinajstić information content (AvgIpc) is 2.71. The second-order valence-corrected chi connectivity index (χ2v) is 5.14. The van der Waals surface area contributed by atoms with Crippen LogP contribution in [0.1, 0.15) is 40.5 Å². The molecule has 0 radical (unpaired) electrons. The van der Waals surface area contributed by atoms with Crippen LogP contribution in [0, 0.1) is 0 Å². The summed E-state index contributed by atoms with van der Waals surface area (Å²) in [4.78, 5) is 38.0. The molecular formula is C15H15N3O3. The highest BCUT2D eigenvalue weighted by atomic mass is 16.2. The molecule has 0 spiro atoms. The predicted molar refractivity (Wildman–Crippen MR) is 76.3 cm³/mol. The van der Waals surface area contributed by atoms with E-state index in [-0.39, 0.29) is 11.5 Å². The number of allylic oxidation sites excluding steroid dienone is 2. The van der Waals surface area contributed by atoms with Crippen molar-refractivity contribution < 1.29 is 14.4 Å². The van der Waals surface area contributed by atoms with Gasteiger partial charge in [-0.15, -0.1) is 0 Å². The molecule has 1 aromatic rings. The monoisotopic (exact) mass is 285 g/mol. The first-order valence-electron chi connectivity index (χ1n) is 6.76. The molecule has 0 bridgehead atoms. The van der Waals surface area contributed by atoms with Crippen LogP contribution in [0.2, 0.25) is 0 Å². The van der Waals surface area contributed by atoms with Crippen molar-refractivity contribution in [1.29, 1.82) is 0 Å². The molecule has 2 heterocycles. The largest absolute Gasteiger partial charge is 0.399 e. The molecule has 3 amide bonds. The quantitative estimate of drug-likeness (QED) is 0.596. The van der Waals surface area contributed by atoms with E-state index < -0.39 is 17.9 Å². The summed E-state index contributed by atoms with van der Waals surface area (Å²) in [5.41, 5.74) is 7.46. The van der Waals surface area contributed by atoms with Crippen molar-refractivity contribution >= 4 is 23.4 Å². The molecule has 1 saturated heterocycles. The Kier molecular flexibility index (Phi) is 3.01. The van der Waals surface area contributed by atoms with Gasteiger partial charge in [-0.3, -0.25) is 19.3 Å². The minimum atomic E-state index is -0.762. The van der Waals surface area contributed by atoms with Gasteiger partial charge in [-0.2, -0.15) is 0 Å². The summed E-state index contributed by atoms with van der Waals surface area (Å²) in [7, 11) is 0. The molecule has 0 aliphatic carbocycles. The average molecular weight is 285 g/mol. The lowest BCUT2D eigenvalue weighted by Crippen LogP contribution is -2.51. The third-order valence-corrected chi connectivity index (χ3v) is 3.88. The Hall–Kier alpha value is -2.63. The standard InChI is InChI=1S/C15H15N3O3/c1-2-9-4-6-12(13(19)17-9)18-14(20)10-5-3-8(16)7-11(10)15(18)21/h2-3,5,7,12H,4,6,16H2,1H3,(H,17,19)/b9-2+. The van der Waals surface area contributed by atoms with Crippen molar-refractivity contribution in [3.05, 3.63) is 41.1 Å². The van der Waals surface area contributed by atoms with Crippen molar-refractivity contribution in [3.63, 3.8) is 0 Å². The number of rotatable bonds is 1. The number of hydrogen-bond acceptors (Lipinski definition) is 4. The number of piperidine rings is 1. The highest BCUT2D eigenvalue weighted by Gasteiger charge is 2.43. The van der Waals surface area contributed by atoms with Crippen molar-refractivity contribution in [2.24, 2.45) is 0 Å². The number of nitrogens with one attached hydrogen (secondary N) is 1. The van der Waals surface area contributed by atoms with E-state index in [9.17, 15) is 14.4 Å². The fourth-order valence-corrected chi connectivity index (χ4v) is 2.75. The molecule has 1 atom stereocenters. The van der Waals surface area contributed by atoms with Crippen LogP contribution in [-0.4, -0.2) is 28.7 Å². The number of nitrogens with zero attached hydrogens (tertiary/aromatic N) is 1. The van der Waals surface area contributed by atoms with Crippen LogP contribution in [0.4, 0.5) is 5.69 Å². The molecule has 1 aromatic carbocycles. The Morgan fingerprint density at radius 2 is 1.95 bits per heavy atom. The highest BCUT2D eigenvalue weighted by Crippen LogP contribution is 2.29. The summed E-state index contributed by atoms with van der Waals surface area (Å²) in [5, 5.41) is 2.72. The van der Waals surface area contributed by atoms with Gasteiger partial charge < -0.3 is 11.1 Å². The smallest absolute Gasteiger partial charge is 0.262 e. The zero-order valence-corrected chi connectivity index (χ0v) is 11.6. The Balaban J connectivity index is 1.93. The highest BCUT2D eigenvalue weighted by molar-refractivity contribution is 6.23. The van der Waals surface area contributed by atoms with Gasteiger partial charge in [0.05, 0.1) is 11.1 Å². The number of imide groups is 1. The first-order chi connectivity index (χ1) is 10.0. The Labute approximate surface area is 121 Å². The Morgan fingerprint density at radius 1 is 1.24 bits per heavy atom. The van der Waals surface area contributed by atoms with E-state index in [0.717, 1.165) is 10.6 Å². The van der Waals surface area contributed by atoms with E-state index in [1.807, 2.05) is 13.0 Å². The molecule has 21 heavy (non-hydrogen) atoms. The normalized spacial score (nSPS) is 23.5. The Bertz CT molecular complexity index is 693. The lowest BCUT2D eigenvalue weighted by molar-refractivity contribution is -0.125. The van der Waals surface area contributed by atoms with Gasteiger partial charge in [0.25, 0.3) is 11.8 Å². The molecule has 6 nitrogen and oxygen atoms in total. The van der Waals surface area contributed by atoms with Crippen LogP contribution < -0.4 is 11.1 Å². The first kappa shape index (κ1) is 13.4. The van der Waals surface area contributed by atoms with Crippen LogP contribution in [0.25, 0.3) is 0 Å². The molecule has 0 saturated carbocycles. The third-order valence-electron chi connectivity index (χ3n) is 3.88. The van der Waals surface area contributed by atoms with Gasteiger partial charge in [0.1, 0.15) is 6.04 Å². The summed E-state index contributed by atoms with van der Waals surface area (Å²) in [6.07, 6.45) is 2.88. The van der Waals surface area contributed by atoms with Gasteiger partial charge >= 0.3 is 0 Å². The van der Waals surface area contributed by atoms with Crippen LogP contribution in [0.15, 0.2) is 30.0 Å². The summed E-state index contributed by atoms with van der Waals surface area (Å²) < 4.78 is 0. The molecule has 1 unspecified atom stereocenters. The minimum absolute atomic E-state index is 0.268. The fourth-order valence-electron chi connectivity index (χ4n) is 2.75. The van der Waals surface area contributed by atoms with Gasteiger partial charge in [-0.25, -0.2) is 0 Å². The van der Waals surface area contributed by atoms with Gasteiger partial charge in [0.2, 0.25) is 5.91 Å². The zero-order valence-electron chi connectivity index (χ0n) is 11.6. The van der Waals surface area contributed by atoms with Crippen LogP contribution in [0.3, 0.4) is 0 Å². The number of nitrogen functional groups attached to an aromatic ring is 1. The van der Waals surface area contributed by atoms with Crippen LogP contribution >= 0.6 is 0 Å².